The van der Waals surface area contributed by atoms with Crippen LogP contribution in [-0.2, 0) is 6.54 Å². The smallest absolute Gasteiger partial charge is 0.0789 e. The fraction of sp³-hybridized carbons (Fsp3) is 0.455. The molecule has 78 valence electrons. The molecule has 1 aromatic rings. The van der Waals surface area contributed by atoms with Crippen LogP contribution in [-0.4, -0.2) is 36.2 Å². The highest BCUT2D eigenvalue weighted by Crippen LogP contribution is 2.02. The lowest BCUT2D eigenvalue weighted by Crippen LogP contribution is -2.33. The molecule has 0 bridgehead atoms. The summed E-state index contributed by atoms with van der Waals surface area (Å²) in [5.74, 6) is 0. The van der Waals surface area contributed by atoms with Gasteiger partial charge in [-0.1, -0.05) is 30.3 Å². The maximum Gasteiger partial charge on any atom is 0.0789 e. The Kier molecular flexibility index (Phi) is 4.59. The second-order valence-electron chi connectivity index (χ2n) is 3.57. The zero-order valence-corrected chi connectivity index (χ0v) is 8.56. The van der Waals surface area contributed by atoms with Gasteiger partial charge in [0, 0.05) is 19.6 Å². The summed E-state index contributed by atoms with van der Waals surface area (Å²) in [5.41, 5.74) is 6.59. The Balaban J connectivity index is 2.37. The number of nitrogens with two attached hydrogens (primary N) is 1. The summed E-state index contributed by atoms with van der Waals surface area (Å²) in [4.78, 5) is 2.06. The average molecular weight is 194 g/mol. The number of aliphatic hydroxyl groups excluding tert-OH is 1. The van der Waals surface area contributed by atoms with Crippen molar-refractivity contribution in [2.75, 3.05) is 20.1 Å². The minimum absolute atomic E-state index is 0.319. The van der Waals surface area contributed by atoms with E-state index in [1.165, 1.54) is 5.56 Å². The van der Waals surface area contributed by atoms with Crippen molar-refractivity contribution in [3.05, 3.63) is 35.9 Å². The molecule has 0 spiro atoms. The third-order valence-corrected chi connectivity index (χ3v) is 2.09. The monoisotopic (exact) mass is 194 g/mol. The highest BCUT2D eigenvalue weighted by molar-refractivity contribution is 5.14. The van der Waals surface area contributed by atoms with Crippen LogP contribution in [0.4, 0.5) is 0 Å². The number of hydrogen-bond acceptors (Lipinski definition) is 3. The van der Waals surface area contributed by atoms with E-state index in [-0.39, 0.29) is 0 Å². The first kappa shape index (κ1) is 11.2. The maximum absolute atomic E-state index is 9.34. The topological polar surface area (TPSA) is 49.5 Å². The van der Waals surface area contributed by atoms with E-state index in [4.69, 9.17) is 5.73 Å². The Morgan fingerprint density at radius 3 is 2.57 bits per heavy atom. The maximum atomic E-state index is 9.34. The molecule has 0 unspecified atom stereocenters. The first-order valence-corrected chi connectivity index (χ1v) is 4.83. The van der Waals surface area contributed by atoms with Gasteiger partial charge in [0.15, 0.2) is 0 Å². The van der Waals surface area contributed by atoms with E-state index in [0.29, 0.717) is 13.1 Å². The molecular weight excluding hydrogens is 176 g/mol. The van der Waals surface area contributed by atoms with Crippen molar-refractivity contribution in [1.82, 2.24) is 4.90 Å². The molecule has 0 fully saturated rings. The van der Waals surface area contributed by atoms with Gasteiger partial charge in [-0.15, -0.1) is 0 Å². The lowest BCUT2D eigenvalue weighted by Gasteiger charge is -2.19. The molecule has 14 heavy (non-hydrogen) atoms. The van der Waals surface area contributed by atoms with Crippen molar-refractivity contribution in [2.45, 2.75) is 12.6 Å². The first-order valence-electron chi connectivity index (χ1n) is 4.83. The zero-order chi connectivity index (χ0) is 10.4. The van der Waals surface area contributed by atoms with Gasteiger partial charge in [0.1, 0.15) is 0 Å². The van der Waals surface area contributed by atoms with E-state index < -0.39 is 6.10 Å². The summed E-state index contributed by atoms with van der Waals surface area (Å²) in [6.45, 7) is 1.78. The number of rotatable bonds is 5. The van der Waals surface area contributed by atoms with Crippen LogP contribution in [0, 0.1) is 0 Å². The molecule has 0 aliphatic carbocycles. The molecule has 1 aromatic carbocycles. The van der Waals surface area contributed by atoms with Gasteiger partial charge in [-0.2, -0.15) is 0 Å². The highest BCUT2D eigenvalue weighted by Gasteiger charge is 2.05. The van der Waals surface area contributed by atoms with Crippen LogP contribution >= 0.6 is 0 Å². The van der Waals surface area contributed by atoms with Gasteiger partial charge in [0.05, 0.1) is 6.10 Å². The summed E-state index contributed by atoms with van der Waals surface area (Å²) in [5, 5.41) is 9.34. The van der Waals surface area contributed by atoms with Gasteiger partial charge in [-0.25, -0.2) is 0 Å². The normalized spacial score (nSPS) is 13.1. The Labute approximate surface area is 85.2 Å². The number of aliphatic hydroxyl groups is 1. The first-order chi connectivity index (χ1) is 6.72. The largest absolute Gasteiger partial charge is 0.390 e. The second-order valence-corrected chi connectivity index (χ2v) is 3.57. The zero-order valence-electron chi connectivity index (χ0n) is 8.56. The standard InChI is InChI=1S/C11H18N2O/c1-13(9-11(14)7-12)8-10-5-3-2-4-6-10/h2-6,11,14H,7-9,12H2,1H3/t11-/m0/s1. The van der Waals surface area contributed by atoms with Crippen LogP contribution in [0.25, 0.3) is 0 Å². The molecule has 1 rings (SSSR count). The van der Waals surface area contributed by atoms with Crippen molar-refractivity contribution in [3.63, 3.8) is 0 Å². The molecule has 3 nitrogen and oxygen atoms in total. The number of benzene rings is 1. The molecule has 0 aliphatic heterocycles. The van der Waals surface area contributed by atoms with Gasteiger partial charge >= 0.3 is 0 Å². The predicted octanol–water partition coefficient (Wildman–Crippen LogP) is 0.438. The quantitative estimate of drug-likeness (QED) is 0.715. The van der Waals surface area contributed by atoms with Crippen LogP contribution in [0.15, 0.2) is 30.3 Å². The summed E-state index contributed by atoms with van der Waals surface area (Å²) < 4.78 is 0. The lowest BCUT2D eigenvalue weighted by molar-refractivity contribution is 0.129. The van der Waals surface area contributed by atoms with Gasteiger partial charge in [-0.3, -0.25) is 4.90 Å². The van der Waals surface area contributed by atoms with Gasteiger partial charge in [0.25, 0.3) is 0 Å². The minimum atomic E-state index is -0.427. The Morgan fingerprint density at radius 1 is 1.36 bits per heavy atom. The number of likely N-dealkylation sites (N-methyl/N-ethyl adjacent to an activating group) is 1. The van der Waals surface area contributed by atoms with Crippen molar-refractivity contribution in [2.24, 2.45) is 5.73 Å². The predicted molar refractivity (Wildman–Crippen MR) is 57.8 cm³/mol. The molecule has 0 aliphatic rings. The van der Waals surface area contributed by atoms with Crippen LogP contribution in [0.2, 0.25) is 0 Å². The van der Waals surface area contributed by atoms with E-state index >= 15 is 0 Å². The van der Waals surface area contributed by atoms with Crippen molar-refractivity contribution < 1.29 is 5.11 Å². The second kappa shape index (κ2) is 5.75. The molecule has 3 heteroatoms. The molecule has 3 N–H and O–H groups in total. The molecule has 0 heterocycles. The average Bonchev–Trinajstić information content (AvgIpc) is 2.19. The van der Waals surface area contributed by atoms with Crippen LogP contribution in [0.3, 0.4) is 0 Å². The Hall–Kier alpha value is -0.900. The van der Waals surface area contributed by atoms with Gasteiger partial charge < -0.3 is 10.8 Å². The van der Waals surface area contributed by atoms with Gasteiger partial charge in [0.2, 0.25) is 0 Å². The highest BCUT2D eigenvalue weighted by atomic mass is 16.3. The fourth-order valence-corrected chi connectivity index (χ4v) is 1.39. The fourth-order valence-electron chi connectivity index (χ4n) is 1.39. The SMILES string of the molecule is CN(Cc1ccccc1)C[C@@H](O)CN. The van der Waals surface area contributed by atoms with E-state index in [2.05, 4.69) is 17.0 Å². The summed E-state index contributed by atoms with van der Waals surface area (Å²) >= 11 is 0. The Bertz CT molecular complexity index is 251. The third kappa shape index (κ3) is 3.87. The number of hydrogen-bond donors (Lipinski definition) is 2. The molecule has 0 saturated heterocycles. The van der Waals surface area contributed by atoms with Crippen molar-refractivity contribution in [3.8, 4) is 0 Å². The third-order valence-electron chi connectivity index (χ3n) is 2.09. The summed E-state index contributed by atoms with van der Waals surface area (Å²) in [6.07, 6.45) is -0.427. The van der Waals surface area contributed by atoms with E-state index in [1.54, 1.807) is 0 Å². The molecule has 0 saturated carbocycles. The lowest BCUT2D eigenvalue weighted by atomic mass is 10.2. The van der Waals surface area contributed by atoms with Crippen LogP contribution < -0.4 is 5.73 Å². The van der Waals surface area contributed by atoms with Crippen molar-refractivity contribution in [1.29, 1.82) is 0 Å². The molecule has 0 radical (unpaired) electrons. The summed E-state index contributed by atoms with van der Waals surface area (Å²) in [7, 11) is 1.98. The van der Waals surface area contributed by atoms with Crippen molar-refractivity contribution >= 4 is 0 Å². The van der Waals surface area contributed by atoms with E-state index in [9.17, 15) is 5.11 Å². The van der Waals surface area contributed by atoms with E-state index in [0.717, 1.165) is 6.54 Å². The Morgan fingerprint density at radius 2 is 2.00 bits per heavy atom. The van der Waals surface area contributed by atoms with Crippen LogP contribution in [0.1, 0.15) is 5.56 Å². The van der Waals surface area contributed by atoms with E-state index in [1.807, 2.05) is 25.2 Å². The molecule has 0 aromatic heterocycles. The molecule has 1 atom stereocenters. The molecular formula is C11H18N2O. The van der Waals surface area contributed by atoms with Crippen LogP contribution in [0.5, 0.6) is 0 Å². The molecule has 0 amide bonds. The summed E-state index contributed by atoms with van der Waals surface area (Å²) in [6, 6.07) is 10.2. The van der Waals surface area contributed by atoms with Gasteiger partial charge in [-0.05, 0) is 12.6 Å². The minimum Gasteiger partial charge on any atom is -0.390 e. The number of nitrogens with zero attached hydrogens (tertiary/aromatic N) is 1.